The van der Waals surface area contributed by atoms with Crippen LogP contribution in [0.25, 0.3) is 0 Å². The van der Waals surface area contributed by atoms with E-state index in [1.54, 1.807) is 18.2 Å². The second-order valence-electron chi connectivity index (χ2n) is 6.47. The molecule has 4 rings (SSSR count). The van der Waals surface area contributed by atoms with E-state index < -0.39 is 10.0 Å². The van der Waals surface area contributed by atoms with Crippen LogP contribution in [0.5, 0.6) is 17.2 Å². The highest BCUT2D eigenvalue weighted by atomic mass is 32.2. The predicted octanol–water partition coefficient (Wildman–Crippen LogP) is 1.56. The fraction of sp³-hybridized carbons (Fsp3) is 0.263. The Kier molecular flexibility index (Phi) is 4.89. The quantitative estimate of drug-likeness (QED) is 0.709. The van der Waals surface area contributed by atoms with Gasteiger partial charge in [-0.3, -0.25) is 14.5 Å². The molecule has 0 aliphatic carbocycles. The zero-order chi connectivity index (χ0) is 20.6. The van der Waals surface area contributed by atoms with Crippen molar-refractivity contribution < 1.29 is 32.2 Å². The lowest BCUT2D eigenvalue weighted by Crippen LogP contribution is -2.29. The maximum absolute atomic E-state index is 12.9. The lowest BCUT2D eigenvalue weighted by atomic mass is 10.2. The molecule has 2 heterocycles. The molecule has 2 aliphatic heterocycles. The lowest BCUT2D eigenvalue weighted by molar-refractivity contribution is -0.121. The van der Waals surface area contributed by atoms with Gasteiger partial charge in [0.25, 0.3) is 0 Å². The van der Waals surface area contributed by atoms with Gasteiger partial charge in [0.05, 0.1) is 12.8 Å². The SMILES string of the molecule is COc1ccc(N2C(=O)CCC2=O)cc1S(=O)(=O)NCc1ccc2c(c1)OCO2. The number of imide groups is 1. The molecule has 9 nitrogen and oxygen atoms in total. The van der Waals surface area contributed by atoms with Crippen molar-refractivity contribution in [2.75, 3.05) is 18.8 Å². The Balaban J connectivity index is 1.60. The van der Waals surface area contributed by atoms with Crippen LogP contribution in [0.3, 0.4) is 0 Å². The van der Waals surface area contributed by atoms with E-state index in [2.05, 4.69) is 4.72 Å². The van der Waals surface area contributed by atoms with Gasteiger partial charge in [0.1, 0.15) is 10.6 Å². The van der Waals surface area contributed by atoms with Crippen molar-refractivity contribution in [3.63, 3.8) is 0 Å². The lowest BCUT2D eigenvalue weighted by Gasteiger charge is -2.17. The van der Waals surface area contributed by atoms with Gasteiger partial charge >= 0.3 is 0 Å². The van der Waals surface area contributed by atoms with E-state index in [1.165, 1.54) is 25.3 Å². The smallest absolute Gasteiger partial charge is 0.244 e. The molecule has 29 heavy (non-hydrogen) atoms. The summed E-state index contributed by atoms with van der Waals surface area (Å²) in [6.45, 7) is 0.135. The van der Waals surface area contributed by atoms with Crippen LogP contribution in [0, 0.1) is 0 Å². The van der Waals surface area contributed by atoms with E-state index in [0.29, 0.717) is 17.1 Å². The summed E-state index contributed by atoms with van der Waals surface area (Å²) >= 11 is 0. The van der Waals surface area contributed by atoms with Gasteiger partial charge < -0.3 is 14.2 Å². The first-order valence-electron chi connectivity index (χ1n) is 8.81. The van der Waals surface area contributed by atoms with E-state index in [-0.39, 0.29) is 54.3 Å². The number of rotatable bonds is 6. The molecular formula is C19H18N2O7S. The first kappa shape index (κ1) is 19.2. The summed E-state index contributed by atoms with van der Waals surface area (Å²) in [5, 5.41) is 0. The minimum absolute atomic E-state index is 0.00787. The summed E-state index contributed by atoms with van der Waals surface area (Å²) in [4.78, 5) is 24.8. The number of hydrogen-bond donors (Lipinski definition) is 1. The van der Waals surface area contributed by atoms with Gasteiger partial charge in [-0.15, -0.1) is 0 Å². The summed E-state index contributed by atoms with van der Waals surface area (Å²) < 4.78 is 44.0. The van der Waals surface area contributed by atoms with E-state index in [4.69, 9.17) is 14.2 Å². The van der Waals surface area contributed by atoms with Crippen molar-refractivity contribution in [3.8, 4) is 17.2 Å². The molecule has 152 valence electrons. The zero-order valence-corrected chi connectivity index (χ0v) is 16.3. The molecular weight excluding hydrogens is 400 g/mol. The van der Waals surface area contributed by atoms with Gasteiger partial charge in [0.15, 0.2) is 11.5 Å². The largest absolute Gasteiger partial charge is 0.495 e. The second-order valence-corrected chi connectivity index (χ2v) is 8.21. The van der Waals surface area contributed by atoms with Crippen LogP contribution in [-0.2, 0) is 26.2 Å². The highest BCUT2D eigenvalue weighted by Crippen LogP contribution is 2.33. The van der Waals surface area contributed by atoms with Crippen molar-refractivity contribution in [1.82, 2.24) is 4.72 Å². The van der Waals surface area contributed by atoms with Crippen molar-refractivity contribution in [2.24, 2.45) is 0 Å². The maximum Gasteiger partial charge on any atom is 0.244 e. The Labute approximate surface area is 167 Å². The minimum atomic E-state index is -4.00. The van der Waals surface area contributed by atoms with Gasteiger partial charge in [-0.05, 0) is 35.9 Å². The van der Waals surface area contributed by atoms with Crippen molar-refractivity contribution >= 4 is 27.5 Å². The number of anilines is 1. The van der Waals surface area contributed by atoms with Crippen molar-refractivity contribution in [1.29, 1.82) is 0 Å². The third kappa shape index (κ3) is 3.64. The fourth-order valence-electron chi connectivity index (χ4n) is 3.19. The molecule has 2 amide bonds. The molecule has 0 atom stereocenters. The second kappa shape index (κ2) is 7.37. The third-order valence-corrected chi connectivity index (χ3v) is 6.07. The number of amides is 2. The average molecular weight is 418 g/mol. The molecule has 0 saturated carbocycles. The van der Waals surface area contributed by atoms with Gasteiger partial charge in [0.2, 0.25) is 28.6 Å². The molecule has 0 radical (unpaired) electrons. The highest BCUT2D eigenvalue weighted by Gasteiger charge is 2.32. The Bertz CT molecular complexity index is 1080. The first-order valence-corrected chi connectivity index (χ1v) is 10.3. The molecule has 2 aromatic carbocycles. The summed E-state index contributed by atoms with van der Waals surface area (Å²) in [6.07, 6.45) is 0.213. The normalized spacial score (nSPS) is 15.8. The topological polar surface area (TPSA) is 111 Å². The number of nitrogens with zero attached hydrogens (tertiary/aromatic N) is 1. The number of nitrogens with one attached hydrogen (secondary N) is 1. The molecule has 2 aromatic rings. The van der Waals surface area contributed by atoms with Crippen molar-refractivity contribution in [2.45, 2.75) is 24.3 Å². The number of fused-ring (bicyclic) bond motifs is 1. The van der Waals surface area contributed by atoms with Crippen LogP contribution in [0.2, 0.25) is 0 Å². The minimum Gasteiger partial charge on any atom is -0.495 e. The Morgan fingerprint density at radius 3 is 2.48 bits per heavy atom. The summed E-state index contributed by atoms with van der Waals surface area (Å²) in [6, 6.07) is 9.30. The van der Waals surface area contributed by atoms with Crippen LogP contribution in [0.4, 0.5) is 5.69 Å². The Hall–Kier alpha value is -3.11. The third-order valence-electron chi connectivity index (χ3n) is 4.65. The number of sulfonamides is 1. The van der Waals surface area contributed by atoms with Crippen LogP contribution >= 0.6 is 0 Å². The number of carbonyl (C=O) groups is 2. The number of hydrogen-bond acceptors (Lipinski definition) is 7. The van der Waals surface area contributed by atoms with Crippen molar-refractivity contribution in [3.05, 3.63) is 42.0 Å². The van der Waals surface area contributed by atoms with Crippen LogP contribution in [-0.4, -0.2) is 34.1 Å². The number of ether oxygens (including phenoxy) is 3. The molecule has 1 saturated heterocycles. The van der Waals surface area contributed by atoms with Gasteiger partial charge in [-0.1, -0.05) is 6.07 Å². The van der Waals surface area contributed by atoms with Gasteiger partial charge in [-0.25, -0.2) is 13.1 Å². The summed E-state index contributed by atoms with van der Waals surface area (Å²) in [5.74, 6) is 0.526. The molecule has 2 aliphatic rings. The van der Waals surface area contributed by atoms with E-state index >= 15 is 0 Å². The highest BCUT2D eigenvalue weighted by molar-refractivity contribution is 7.89. The number of carbonyl (C=O) groups excluding carboxylic acids is 2. The van der Waals surface area contributed by atoms with Gasteiger partial charge in [0, 0.05) is 19.4 Å². The van der Waals surface area contributed by atoms with Crippen LogP contribution in [0.1, 0.15) is 18.4 Å². The molecule has 0 bridgehead atoms. The van der Waals surface area contributed by atoms with E-state index in [1.807, 2.05) is 0 Å². The van der Waals surface area contributed by atoms with E-state index in [0.717, 1.165) is 4.90 Å². The maximum atomic E-state index is 12.9. The van der Waals surface area contributed by atoms with Crippen LogP contribution < -0.4 is 23.8 Å². The molecule has 1 N–H and O–H groups in total. The molecule has 0 unspecified atom stereocenters. The predicted molar refractivity (Wildman–Crippen MR) is 101 cm³/mol. The van der Waals surface area contributed by atoms with Gasteiger partial charge in [-0.2, -0.15) is 0 Å². The monoisotopic (exact) mass is 418 g/mol. The number of benzene rings is 2. The summed E-state index contributed by atoms with van der Waals surface area (Å²) in [7, 11) is -2.65. The molecule has 0 aromatic heterocycles. The standard InChI is InChI=1S/C19H18N2O7S/c1-26-15-5-3-13(21-18(22)6-7-19(21)23)9-17(15)29(24,25)20-10-12-2-4-14-16(8-12)28-11-27-14/h2-5,8-9,20H,6-7,10-11H2,1H3. The first-order chi connectivity index (χ1) is 13.9. The van der Waals surface area contributed by atoms with Crippen LogP contribution in [0.15, 0.2) is 41.3 Å². The molecule has 1 fully saturated rings. The zero-order valence-electron chi connectivity index (χ0n) is 15.5. The molecule has 0 spiro atoms. The number of methoxy groups -OCH3 is 1. The Morgan fingerprint density at radius 2 is 1.76 bits per heavy atom. The Morgan fingerprint density at radius 1 is 1.03 bits per heavy atom. The average Bonchev–Trinajstić information content (AvgIpc) is 3.31. The van der Waals surface area contributed by atoms with E-state index in [9.17, 15) is 18.0 Å². The molecule has 10 heteroatoms. The fourth-order valence-corrected chi connectivity index (χ4v) is 4.39. The summed E-state index contributed by atoms with van der Waals surface area (Å²) in [5.41, 5.74) is 0.875.